The molecule has 1 saturated carbocycles. The number of carboxylic acids is 1. The fourth-order valence-corrected chi connectivity index (χ4v) is 3.54. The van der Waals surface area contributed by atoms with Crippen LogP contribution in [0.4, 0.5) is 0 Å². The Kier molecular flexibility index (Phi) is 2.85. The van der Waals surface area contributed by atoms with Crippen molar-refractivity contribution in [3.63, 3.8) is 0 Å². The van der Waals surface area contributed by atoms with Crippen LogP contribution in [0.1, 0.15) is 25.0 Å². The van der Waals surface area contributed by atoms with Crippen LogP contribution in [0.2, 0.25) is 0 Å². The summed E-state index contributed by atoms with van der Waals surface area (Å²) < 4.78 is 0. The van der Waals surface area contributed by atoms with Crippen LogP contribution in [-0.2, 0) is 22.4 Å². The maximum atomic E-state index is 12.3. The average molecular weight is 273 g/mol. The van der Waals surface area contributed by atoms with Crippen molar-refractivity contribution in [2.75, 3.05) is 0 Å². The molecule has 20 heavy (non-hydrogen) atoms. The van der Waals surface area contributed by atoms with E-state index < -0.39 is 23.2 Å². The molecule has 1 aromatic rings. The minimum atomic E-state index is -0.871. The van der Waals surface area contributed by atoms with Crippen molar-refractivity contribution in [1.82, 2.24) is 5.32 Å². The minimum absolute atomic E-state index is 0.103. The van der Waals surface area contributed by atoms with Gasteiger partial charge in [-0.25, -0.2) is 0 Å². The molecule has 1 amide bonds. The highest BCUT2D eigenvalue weighted by Crippen LogP contribution is 2.58. The van der Waals surface area contributed by atoms with Crippen LogP contribution in [0.25, 0.3) is 0 Å². The van der Waals surface area contributed by atoms with Gasteiger partial charge in [-0.1, -0.05) is 38.1 Å². The Morgan fingerprint density at radius 1 is 1.15 bits per heavy atom. The van der Waals surface area contributed by atoms with Crippen LogP contribution in [0.3, 0.4) is 0 Å². The highest BCUT2D eigenvalue weighted by atomic mass is 16.4. The van der Waals surface area contributed by atoms with Gasteiger partial charge < -0.3 is 10.4 Å². The molecule has 2 N–H and O–H groups in total. The molecule has 0 heterocycles. The third kappa shape index (κ3) is 1.99. The number of nitrogens with one attached hydrogen (secondary N) is 1. The van der Waals surface area contributed by atoms with Gasteiger partial charge in [0.05, 0.1) is 11.8 Å². The van der Waals surface area contributed by atoms with E-state index in [1.54, 1.807) is 0 Å². The van der Waals surface area contributed by atoms with Gasteiger partial charge in [0.15, 0.2) is 0 Å². The first-order valence-corrected chi connectivity index (χ1v) is 7.01. The molecular weight excluding hydrogens is 254 g/mol. The molecule has 0 aromatic heterocycles. The first-order chi connectivity index (χ1) is 9.41. The summed E-state index contributed by atoms with van der Waals surface area (Å²) >= 11 is 0. The van der Waals surface area contributed by atoms with E-state index in [1.807, 2.05) is 26.0 Å². The summed E-state index contributed by atoms with van der Waals surface area (Å²) in [6.07, 6.45) is 1.68. The number of carbonyl (C=O) groups is 2. The first kappa shape index (κ1) is 13.2. The van der Waals surface area contributed by atoms with E-state index in [2.05, 4.69) is 17.4 Å². The van der Waals surface area contributed by atoms with Crippen molar-refractivity contribution < 1.29 is 14.7 Å². The Morgan fingerprint density at radius 2 is 1.70 bits per heavy atom. The third-order valence-corrected chi connectivity index (χ3v) is 4.77. The largest absolute Gasteiger partial charge is 0.481 e. The summed E-state index contributed by atoms with van der Waals surface area (Å²) in [5, 5.41) is 12.2. The topological polar surface area (TPSA) is 66.4 Å². The van der Waals surface area contributed by atoms with E-state index in [0.717, 1.165) is 12.8 Å². The number of rotatable bonds is 3. The van der Waals surface area contributed by atoms with E-state index in [-0.39, 0.29) is 11.9 Å². The fraction of sp³-hybridized carbons (Fsp3) is 0.500. The maximum Gasteiger partial charge on any atom is 0.307 e. The van der Waals surface area contributed by atoms with Crippen molar-refractivity contribution >= 4 is 11.9 Å². The fourth-order valence-electron chi connectivity index (χ4n) is 3.54. The minimum Gasteiger partial charge on any atom is -0.481 e. The maximum absolute atomic E-state index is 12.3. The summed E-state index contributed by atoms with van der Waals surface area (Å²) in [6.45, 7) is 3.69. The zero-order chi connectivity index (χ0) is 14.5. The molecule has 1 fully saturated rings. The molecule has 4 heteroatoms. The number of carboxylic acid groups (broad SMARTS) is 1. The second-order valence-electron chi connectivity index (χ2n) is 6.50. The molecule has 2 aliphatic carbocycles. The van der Waals surface area contributed by atoms with Gasteiger partial charge in [-0.15, -0.1) is 0 Å². The molecule has 0 spiro atoms. The molecule has 3 rings (SSSR count). The van der Waals surface area contributed by atoms with E-state index >= 15 is 0 Å². The molecule has 0 bridgehead atoms. The number of aliphatic carboxylic acids is 1. The van der Waals surface area contributed by atoms with E-state index in [1.165, 1.54) is 11.1 Å². The molecule has 2 aliphatic rings. The second-order valence-corrected chi connectivity index (χ2v) is 6.50. The standard InChI is InChI=1S/C16H19NO3/c1-16(2)12(13(16)15(19)20)14(18)17-11-7-9-5-3-4-6-10(9)8-11/h3-6,11-13H,7-8H2,1-2H3,(H,17,18)(H,19,20). The SMILES string of the molecule is CC1(C)C(C(=O)O)C1C(=O)NC1Cc2ccccc2C1. The van der Waals surface area contributed by atoms with Crippen molar-refractivity contribution in [2.24, 2.45) is 17.3 Å². The van der Waals surface area contributed by atoms with Gasteiger partial charge >= 0.3 is 5.97 Å². The van der Waals surface area contributed by atoms with E-state index in [0.29, 0.717) is 0 Å². The molecule has 2 atom stereocenters. The number of fused-ring (bicyclic) bond motifs is 1. The lowest BCUT2D eigenvalue weighted by molar-refractivity contribution is -0.140. The Morgan fingerprint density at radius 3 is 2.15 bits per heavy atom. The van der Waals surface area contributed by atoms with Gasteiger partial charge in [-0.05, 0) is 29.4 Å². The number of hydrogen-bond donors (Lipinski definition) is 2. The van der Waals surface area contributed by atoms with Crippen molar-refractivity contribution in [1.29, 1.82) is 0 Å². The molecule has 1 aromatic carbocycles. The number of benzene rings is 1. The zero-order valence-electron chi connectivity index (χ0n) is 11.7. The van der Waals surface area contributed by atoms with E-state index in [4.69, 9.17) is 5.11 Å². The van der Waals surface area contributed by atoms with Gasteiger partial charge in [-0.3, -0.25) is 9.59 Å². The van der Waals surface area contributed by atoms with Crippen LogP contribution < -0.4 is 5.32 Å². The highest BCUT2D eigenvalue weighted by Gasteiger charge is 2.66. The van der Waals surface area contributed by atoms with Crippen LogP contribution in [0.5, 0.6) is 0 Å². The lowest BCUT2D eigenvalue weighted by atomic mass is 10.1. The van der Waals surface area contributed by atoms with E-state index in [9.17, 15) is 9.59 Å². The quantitative estimate of drug-likeness (QED) is 0.879. The molecule has 0 aliphatic heterocycles. The van der Waals surface area contributed by atoms with Gasteiger partial charge in [0.2, 0.25) is 5.91 Å². The molecule has 106 valence electrons. The Balaban J connectivity index is 1.64. The highest BCUT2D eigenvalue weighted by molar-refractivity contribution is 5.91. The lowest BCUT2D eigenvalue weighted by Crippen LogP contribution is -2.37. The van der Waals surface area contributed by atoms with Crippen LogP contribution >= 0.6 is 0 Å². The van der Waals surface area contributed by atoms with Gasteiger partial charge in [-0.2, -0.15) is 0 Å². The van der Waals surface area contributed by atoms with Crippen LogP contribution in [0, 0.1) is 17.3 Å². The predicted molar refractivity (Wildman–Crippen MR) is 74.2 cm³/mol. The predicted octanol–water partition coefficient (Wildman–Crippen LogP) is 1.63. The van der Waals surface area contributed by atoms with Gasteiger partial charge in [0, 0.05) is 6.04 Å². The van der Waals surface area contributed by atoms with Crippen LogP contribution in [0.15, 0.2) is 24.3 Å². The summed E-state index contributed by atoms with van der Waals surface area (Å²) in [7, 11) is 0. The normalized spacial score (nSPS) is 26.9. The average Bonchev–Trinajstić information content (AvgIpc) is 2.76. The summed E-state index contributed by atoms with van der Waals surface area (Å²) in [5.74, 6) is -1.93. The molecule has 4 nitrogen and oxygen atoms in total. The number of carbonyl (C=O) groups excluding carboxylic acids is 1. The van der Waals surface area contributed by atoms with Gasteiger partial charge in [0.1, 0.15) is 0 Å². The molecule has 0 saturated heterocycles. The summed E-state index contributed by atoms with van der Waals surface area (Å²) in [6, 6.07) is 8.29. The van der Waals surface area contributed by atoms with Crippen molar-refractivity contribution in [2.45, 2.75) is 32.7 Å². The van der Waals surface area contributed by atoms with Crippen molar-refractivity contribution in [3.8, 4) is 0 Å². The smallest absolute Gasteiger partial charge is 0.307 e. The van der Waals surface area contributed by atoms with Crippen molar-refractivity contribution in [3.05, 3.63) is 35.4 Å². The number of amides is 1. The molecular formula is C16H19NO3. The Bertz CT molecular complexity index is 554. The Labute approximate surface area is 118 Å². The summed E-state index contributed by atoms with van der Waals surface area (Å²) in [4.78, 5) is 23.4. The first-order valence-electron chi connectivity index (χ1n) is 7.01. The zero-order valence-corrected chi connectivity index (χ0v) is 11.7. The Hall–Kier alpha value is -1.84. The van der Waals surface area contributed by atoms with Gasteiger partial charge in [0.25, 0.3) is 0 Å². The lowest BCUT2D eigenvalue weighted by Gasteiger charge is -2.12. The second kappa shape index (κ2) is 4.33. The molecule has 2 unspecified atom stereocenters. The molecule has 0 radical (unpaired) electrons. The monoisotopic (exact) mass is 273 g/mol. The van der Waals surface area contributed by atoms with Crippen LogP contribution in [-0.4, -0.2) is 23.0 Å². The third-order valence-electron chi connectivity index (χ3n) is 4.77. The summed E-state index contributed by atoms with van der Waals surface area (Å²) in [5.41, 5.74) is 2.13. The number of hydrogen-bond acceptors (Lipinski definition) is 2.